The monoisotopic (exact) mass is 1650 g/mol. The first-order chi connectivity index (χ1) is 56.0. The average Bonchev–Trinajstić information content (AvgIpc) is 1.47. The van der Waals surface area contributed by atoms with Crippen molar-refractivity contribution in [2.24, 2.45) is 208 Å². The molecule has 16 aliphatic carbocycles. The van der Waals surface area contributed by atoms with Gasteiger partial charge in [0.25, 0.3) is 0 Å². The van der Waals surface area contributed by atoms with Crippen molar-refractivity contribution in [2.45, 2.75) is 351 Å². The van der Waals surface area contributed by atoms with Crippen molar-refractivity contribution >= 4 is 11.6 Å². The molecular weight excluding hydrogens is 1480 g/mol. The predicted octanol–water partition coefficient (Wildman–Crippen LogP) is 15.5. The quantitative estimate of drug-likeness (QED) is 0.0712. The number of carbonyl (C=O) groups excluding carboxylic acids is 2. The zero-order valence-corrected chi connectivity index (χ0v) is 76.9. The Labute approximate surface area is 714 Å². The normalized spacial score (nSPS) is 51.0. The van der Waals surface area contributed by atoms with Crippen LogP contribution in [0.25, 0.3) is 0 Å². The number of ether oxygens (including phenoxy) is 8. The van der Waals surface area contributed by atoms with Gasteiger partial charge in [0.05, 0.1) is 102 Å². The number of nitrogens with two attached hydrogens (primary N) is 4. The largest absolute Gasteiger partial charge is 0.393 e. The molecule has 0 bridgehead atoms. The lowest BCUT2D eigenvalue weighted by atomic mass is 9.42. The maximum atomic E-state index is 13.8. The van der Waals surface area contributed by atoms with Crippen molar-refractivity contribution in [3.63, 3.8) is 0 Å². The van der Waals surface area contributed by atoms with Gasteiger partial charge < -0.3 is 81.3 Å². The number of hydrogen-bond acceptors (Lipinski definition) is 18. The Kier molecular flexibility index (Phi) is 27.1. The summed E-state index contributed by atoms with van der Waals surface area (Å²) in [6, 6.07) is 0. The summed E-state index contributed by atoms with van der Waals surface area (Å²) in [5, 5.41) is 43.0. The van der Waals surface area contributed by atoms with Crippen LogP contribution in [0.5, 0.6) is 0 Å². The topological polar surface area (TPSA) is 293 Å². The minimum absolute atomic E-state index is 0.0167. The summed E-state index contributed by atoms with van der Waals surface area (Å²) in [6.45, 7) is 45.7. The van der Waals surface area contributed by atoms with E-state index >= 15 is 0 Å². The van der Waals surface area contributed by atoms with Crippen molar-refractivity contribution in [1.82, 2.24) is 0 Å². The Balaban J connectivity index is 0.000000124. The number of rotatable bonds is 16. The van der Waals surface area contributed by atoms with Gasteiger partial charge in [0.15, 0.2) is 11.6 Å². The number of Topliss-reactive ketones (excluding diaryl/α,β-unsaturated/α-hetero) is 2. The van der Waals surface area contributed by atoms with Crippen molar-refractivity contribution in [3.05, 3.63) is 0 Å². The highest BCUT2D eigenvalue weighted by Crippen LogP contribution is 2.77. The number of hydrogen-bond donors (Lipinski definition) is 8. The zero-order valence-electron chi connectivity index (χ0n) is 76.9. The molecule has 0 aromatic heterocycles. The van der Waals surface area contributed by atoms with E-state index in [1.165, 1.54) is 44.9 Å². The third-order valence-electron chi connectivity index (χ3n) is 41.4. The predicted molar refractivity (Wildman–Crippen MR) is 462 cm³/mol. The standard InChI is InChI=1S/C28H50N2O4.C26H46N2O3.C24H40O4.C22H36O3/c1-18(2)21-5-6-22-25-23(17-28(27(21,22)4)33-13-14-34-28)26(3)8-7-20(31-11-9-29)15-19(26)16-24(25)32-12-10-30;1-16(2)19-5-6-20-24-21(15-23(29)26(19,20)4)25(3)8-7-18(30-11-9-27)13-17(25)14-22(24)31-12-10-28;1-14(2)17-5-6-18-21-19(13-24(23(17,18)4)27-9-10-28-24)22(3)8-7-16(25)11-15(22)12-20(21)26;1-12(2)15-5-6-16-20-17(11-19(25)22(15,16)4)21(3)8-7-14(23)9-13(21)10-18(20)24/h18-25H,5-17,29-30H2,1-4H3;16-22,24H,5-15,27-28H2,1-4H3;14-21,25-26H,5-13H2,1-4H3;12-18,20,23-24H,5-11H2,1-4H3/t19?,20?,21-,22+,23+,24-,25?,26+,27-;17?,18?,19-,20+,21+,22-,24?,25+,26-;15?,16?,17-,18+,19+,20-,21?,22+,23-;13?,14?,15-,16+,17+,18-,20?,21+,22-/m1111/s1. The molecule has 676 valence electrons. The van der Waals surface area contributed by atoms with E-state index in [9.17, 15) is 30.0 Å². The van der Waals surface area contributed by atoms with Crippen molar-refractivity contribution in [1.29, 1.82) is 0 Å². The second-order valence-electron chi connectivity index (χ2n) is 46.8. The molecule has 18 rings (SSSR count). The molecule has 0 amide bonds. The fraction of sp³-hybridized carbons (Fsp3) is 0.980. The summed E-state index contributed by atoms with van der Waals surface area (Å²) in [5.41, 5.74) is 23.6. The first kappa shape index (κ1) is 91.5. The van der Waals surface area contributed by atoms with Crippen LogP contribution in [0.15, 0.2) is 0 Å². The molecule has 118 heavy (non-hydrogen) atoms. The molecule has 2 saturated heterocycles. The second-order valence-corrected chi connectivity index (χ2v) is 46.8. The van der Waals surface area contributed by atoms with E-state index in [1.807, 2.05) is 0 Å². The molecule has 0 aromatic carbocycles. The molecule has 0 radical (unpaired) electrons. The first-order valence-corrected chi connectivity index (χ1v) is 49.6. The molecule has 12 N–H and O–H groups in total. The first-order valence-electron chi connectivity index (χ1n) is 49.6. The van der Waals surface area contributed by atoms with Crippen LogP contribution in [0.2, 0.25) is 0 Å². The van der Waals surface area contributed by atoms with E-state index in [-0.39, 0.29) is 85.9 Å². The molecule has 18 heteroatoms. The molecule has 18 nitrogen and oxygen atoms in total. The van der Waals surface area contributed by atoms with E-state index < -0.39 is 11.6 Å². The van der Waals surface area contributed by atoms with Crippen molar-refractivity contribution in [3.8, 4) is 0 Å². The van der Waals surface area contributed by atoms with Crippen LogP contribution in [0.4, 0.5) is 0 Å². The smallest absolute Gasteiger partial charge is 0.174 e. The summed E-state index contributed by atoms with van der Waals surface area (Å²) < 4.78 is 51.9. The Bertz CT molecular complexity index is 3400. The zero-order chi connectivity index (χ0) is 84.6. The van der Waals surface area contributed by atoms with Gasteiger partial charge in [-0.3, -0.25) is 9.59 Å². The van der Waals surface area contributed by atoms with Gasteiger partial charge in [0.1, 0.15) is 11.6 Å². The van der Waals surface area contributed by atoms with E-state index in [1.54, 1.807) is 0 Å². The lowest BCUT2D eigenvalue weighted by Gasteiger charge is -2.66. The lowest BCUT2D eigenvalue weighted by Crippen LogP contribution is -2.67. The maximum Gasteiger partial charge on any atom is 0.174 e. The fourth-order valence-electron chi connectivity index (χ4n) is 35.8. The molecule has 18 aliphatic rings. The minimum atomic E-state index is -0.481. The van der Waals surface area contributed by atoms with Crippen LogP contribution >= 0.6 is 0 Å². The van der Waals surface area contributed by atoms with Crippen LogP contribution in [0.1, 0.15) is 291 Å². The highest BCUT2D eigenvalue weighted by atomic mass is 16.7. The fourth-order valence-corrected chi connectivity index (χ4v) is 35.8. The molecule has 2 spiro atoms. The van der Waals surface area contributed by atoms with Gasteiger partial charge in [-0.2, -0.15) is 0 Å². The van der Waals surface area contributed by atoms with Crippen molar-refractivity contribution in [2.75, 3.05) is 79.0 Å². The Morgan fingerprint density at radius 2 is 0.653 bits per heavy atom. The Hall–Kier alpha value is -1.30. The molecule has 36 atom stereocenters. The molecule has 12 unspecified atom stereocenters. The summed E-state index contributed by atoms with van der Waals surface area (Å²) >= 11 is 0. The minimum Gasteiger partial charge on any atom is -0.393 e. The van der Waals surface area contributed by atoms with Gasteiger partial charge in [-0.1, -0.05) is 111 Å². The summed E-state index contributed by atoms with van der Waals surface area (Å²) in [4.78, 5) is 27.2. The molecule has 0 aromatic rings. The highest BCUT2D eigenvalue weighted by Gasteiger charge is 2.76. The maximum absolute atomic E-state index is 13.8. The molecular formula is C100H172N4O14. The van der Waals surface area contributed by atoms with Gasteiger partial charge in [0.2, 0.25) is 0 Å². The lowest BCUT2D eigenvalue weighted by molar-refractivity contribution is -0.325. The summed E-state index contributed by atoms with van der Waals surface area (Å²) in [6.07, 6.45) is 29.3. The number of ketones is 2. The van der Waals surface area contributed by atoms with Crippen LogP contribution in [0, 0.1) is 185 Å². The molecule has 18 fully saturated rings. The van der Waals surface area contributed by atoms with E-state index in [0.717, 1.165) is 142 Å². The van der Waals surface area contributed by atoms with Crippen molar-refractivity contribution < 1.29 is 67.9 Å². The SMILES string of the molecule is CC(C)[C@H]1CC[C@H]2C3[C@H](O)CC4CC(O)CC[C@]4(C)[C@H]3CC(=O)[C@]12C.CC(C)[C@H]1CC[C@H]2C3[C@H](O)CC4CC(O)CC[C@]4(C)[C@H]3CC3(OCCO3)[C@]12C.CC(C)[C@H]1CC[C@H]2C3[C@H](OCCN)CC4CC(OCCN)CC[C@]4(C)[C@H]3CC(=O)[C@]12C.CC(C)[C@H]1CC[C@H]2C3[C@H](OCCN)CC4CC(OCCN)CC[C@]4(C)[C@H]3CC3(OCCO3)[C@]12C. The van der Waals surface area contributed by atoms with Crippen LogP contribution in [0.3, 0.4) is 0 Å². The number of aliphatic hydroxyl groups excluding tert-OH is 4. The van der Waals surface area contributed by atoms with Crippen LogP contribution < -0.4 is 22.9 Å². The third-order valence-corrected chi connectivity index (χ3v) is 41.4. The Morgan fingerprint density at radius 3 is 1.04 bits per heavy atom. The van der Waals surface area contributed by atoms with Gasteiger partial charge in [0, 0.05) is 73.5 Å². The summed E-state index contributed by atoms with van der Waals surface area (Å²) in [5.74, 6) is 11.7. The van der Waals surface area contributed by atoms with Crippen LogP contribution in [-0.4, -0.2) is 171 Å². The number of fused-ring (bicyclic) bond motifs is 22. The Morgan fingerprint density at radius 1 is 0.347 bits per heavy atom. The molecule has 2 heterocycles. The van der Waals surface area contributed by atoms with Gasteiger partial charge >= 0.3 is 0 Å². The van der Waals surface area contributed by atoms with E-state index in [4.69, 9.17) is 60.8 Å². The van der Waals surface area contributed by atoms with Crippen LogP contribution in [-0.2, 0) is 47.5 Å². The third kappa shape index (κ3) is 14.8. The highest BCUT2D eigenvalue weighted by molar-refractivity contribution is 5.87. The van der Waals surface area contributed by atoms with E-state index in [0.29, 0.717) is 232 Å². The van der Waals surface area contributed by atoms with Gasteiger partial charge in [-0.25, -0.2) is 0 Å². The number of carbonyl (C=O) groups is 2. The summed E-state index contributed by atoms with van der Waals surface area (Å²) in [7, 11) is 0. The number of aliphatic hydroxyl groups is 4. The van der Waals surface area contributed by atoms with E-state index in [2.05, 4.69) is 111 Å². The average molecular weight is 1650 g/mol. The van der Waals surface area contributed by atoms with Gasteiger partial charge in [-0.15, -0.1) is 0 Å². The molecule has 16 saturated carbocycles. The molecule has 2 aliphatic heterocycles. The van der Waals surface area contributed by atoms with Gasteiger partial charge in [-0.05, 0) is 318 Å². The second kappa shape index (κ2) is 34.9.